The number of ether oxygens (including phenoxy) is 1. The summed E-state index contributed by atoms with van der Waals surface area (Å²) in [5, 5.41) is 15.4. The third-order valence-electron chi connectivity index (χ3n) is 4.93. The van der Waals surface area contributed by atoms with Crippen LogP contribution in [0.1, 0.15) is 24.2 Å². The molecule has 1 aromatic heterocycles. The number of fused-ring (bicyclic) bond motifs is 1. The molecule has 8 nitrogen and oxygen atoms in total. The van der Waals surface area contributed by atoms with E-state index in [-0.39, 0.29) is 17.8 Å². The lowest BCUT2D eigenvalue weighted by atomic mass is 10.2. The molecule has 1 atom stereocenters. The first-order chi connectivity index (χ1) is 13.2. The molecule has 3 heterocycles. The zero-order valence-corrected chi connectivity index (χ0v) is 15.0. The molecule has 1 saturated heterocycles. The van der Waals surface area contributed by atoms with Crippen molar-refractivity contribution in [3.63, 3.8) is 0 Å². The molecular formula is C19H20N6O2. The number of hydrogen-bond donors (Lipinski definition) is 2. The summed E-state index contributed by atoms with van der Waals surface area (Å²) in [5.74, 6) is 1.81. The van der Waals surface area contributed by atoms with Crippen LogP contribution in [-0.4, -0.2) is 42.1 Å². The van der Waals surface area contributed by atoms with Crippen molar-refractivity contribution < 1.29 is 9.53 Å². The molecule has 2 N–H and O–H groups in total. The molecule has 27 heavy (non-hydrogen) atoms. The molecule has 2 aliphatic heterocycles. The molecule has 0 saturated carbocycles. The number of nitrogens with one attached hydrogen (secondary N) is 2. The average Bonchev–Trinajstić information content (AvgIpc) is 3.38. The molecule has 1 aromatic carbocycles. The number of nitriles is 1. The number of carbonyl (C=O) groups excluding carboxylic acids is 1. The Morgan fingerprint density at radius 3 is 2.85 bits per heavy atom. The maximum atomic E-state index is 12.5. The molecular weight excluding hydrogens is 344 g/mol. The largest absolute Gasteiger partial charge is 0.497 e. The molecule has 2 aromatic rings. The second-order valence-corrected chi connectivity index (χ2v) is 6.55. The standard InChI is InChI=1S/C19H20N6O2/c1-27-13-6-4-12(5-7-13)25-10-8-14-17(22-16(11-20)23-18(14)25)24-19(26)15-3-2-9-21-15/h4-7,15,21H,2-3,8-10H2,1H3,(H,22,23,24,26)/t15-/m0/s1. The van der Waals surface area contributed by atoms with Gasteiger partial charge in [-0.15, -0.1) is 0 Å². The Labute approximate surface area is 157 Å². The molecule has 0 bridgehead atoms. The van der Waals surface area contributed by atoms with Gasteiger partial charge in [0.1, 0.15) is 23.5 Å². The van der Waals surface area contributed by atoms with E-state index in [2.05, 4.69) is 20.6 Å². The van der Waals surface area contributed by atoms with Gasteiger partial charge in [0.25, 0.3) is 0 Å². The zero-order chi connectivity index (χ0) is 18.8. The maximum absolute atomic E-state index is 12.5. The number of aromatic nitrogens is 2. The number of benzene rings is 1. The number of rotatable bonds is 4. The van der Waals surface area contributed by atoms with Gasteiger partial charge in [-0.25, -0.2) is 9.97 Å². The van der Waals surface area contributed by atoms with Gasteiger partial charge >= 0.3 is 0 Å². The van der Waals surface area contributed by atoms with E-state index in [1.165, 1.54) is 0 Å². The van der Waals surface area contributed by atoms with E-state index in [0.29, 0.717) is 24.6 Å². The summed E-state index contributed by atoms with van der Waals surface area (Å²) in [6.07, 6.45) is 2.48. The second-order valence-electron chi connectivity index (χ2n) is 6.55. The van der Waals surface area contributed by atoms with Crippen LogP contribution in [0.5, 0.6) is 5.75 Å². The minimum atomic E-state index is -0.208. The number of hydrogen-bond acceptors (Lipinski definition) is 7. The van der Waals surface area contributed by atoms with Crippen molar-refractivity contribution >= 4 is 23.2 Å². The minimum Gasteiger partial charge on any atom is -0.497 e. The maximum Gasteiger partial charge on any atom is 0.242 e. The number of nitrogens with zero attached hydrogens (tertiary/aromatic N) is 4. The van der Waals surface area contributed by atoms with Crippen LogP contribution >= 0.6 is 0 Å². The van der Waals surface area contributed by atoms with Gasteiger partial charge in [-0.05, 0) is 50.1 Å². The Bertz CT molecular complexity index is 900. The highest BCUT2D eigenvalue weighted by Crippen LogP contribution is 2.36. The molecule has 0 spiro atoms. The van der Waals surface area contributed by atoms with Gasteiger partial charge in [-0.1, -0.05) is 0 Å². The van der Waals surface area contributed by atoms with Gasteiger partial charge in [0.15, 0.2) is 0 Å². The van der Waals surface area contributed by atoms with Crippen molar-refractivity contribution in [1.29, 1.82) is 5.26 Å². The third kappa shape index (κ3) is 3.29. The van der Waals surface area contributed by atoms with Crippen molar-refractivity contribution in [3.8, 4) is 11.8 Å². The van der Waals surface area contributed by atoms with Gasteiger partial charge in [0.05, 0.1) is 13.2 Å². The molecule has 1 fully saturated rings. The number of carbonyl (C=O) groups is 1. The SMILES string of the molecule is COc1ccc(N2CCc3c(NC(=O)[C@@H]4CCCN4)nc(C#N)nc32)cc1. The van der Waals surface area contributed by atoms with Crippen LogP contribution in [0.4, 0.5) is 17.3 Å². The molecule has 0 radical (unpaired) electrons. The minimum absolute atomic E-state index is 0.0452. The van der Waals surface area contributed by atoms with Crippen molar-refractivity contribution in [2.45, 2.75) is 25.3 Å². The fourth-order valence-electron chi connectivity index (χ4n) is 3.53. The van der Waals surface area contributed by atoms with Crippen LogP contribution in [0.3, 0.4) is 0 Å². The number of methoxy groups -OCH3 is 1. The summed E-state index contributed by atoms with van der Waals surface area (Å²) >= 11 is 0. The normalized spacial score (nSPS) is 18.1. The first kappa shape index (κ1) is 17.2. The quantitative estimate of drug-likeness (QED) is 0.852. The van der Waals surface area contributed by atoms with E-state index in [1.807, 2.05) is 35.2 Å². The zero-order valence-electron chi connectivity index (χ0n) is 15.0. The van der Waals surface area contributed by atoms with Gasteiger partial charge in [-0.3, -0.25) is 4.79 Å². The van der Waals surface area contributed by atoms with Gasteiger partial charge < -0.3 is 20.3 Å². The lowest BCUT2D eigenvalue weighted by molar-refractivity contribution is -0.117. The van der Waals surface area contributed by atoms with Gasteiger partial charge in [0, 0.05) is 17.8 Å². The van der Waals surface area contributed by atoms with Crippen LogP contribution < -0.4 is 20.3 Å². The molecule has 4 rings (SSSR count). The summed E-state index contributed by atoms with van der Waals surface area (Å²) in [4.78, 5) is 23.2. The van der Waals surface area contributed by atoms with Gasteiger partial charge in [-0.2, -0.15) is 5.26 Å². The predicted octanol–water partition coefficient (Wildman–Crippen LogP) is 1.74. The van der Waals surface area contributed by atoms with E-state index >= 15 is 0 Å². The molecule has 2 aliphatic rings. The smallest absolute Gasteiger partial charge is 0.242 e. The van der Waals surface area contributed by atoms with Gasteiger partial charge in [0.2, 0.25) is 11.7 Å². The second kappa shape index (κ2) is 7.21. The molecule has 0 aliphatic carbocycles. The summed E-state index contributed by atoms with van der Waals surface area (Å²) < 4.78 is 5.21. The average molecular weight is 364 g/mol. The summed E-state index contributed by atoms with van der Waals surface area (Å²) in [6, 6.07) is 9.45. The highest BCUT2D eigenvalue weighted by molar-refractivity contribution is 5.95. The fourth-order valence-corrected chi connectivity index (χ4v) is 3.53. The van der Waals surface area contributed by atoms with Crippen LogP contribution in [0, 0.1) is 11.3 Å². The highest BCUT2D eigenvalue weighted by atomic mass is 16.5. The number of anilines is 3. The van der Waals surface area contributed by atoms with Crippen molar-refractivity contribution in [1.82, 2.24) is 15.3 Å². The van der Waals surface area contributed by atoms with E-state index in [9.17, 15) is 10.1 Å². The topological polar surface area (TPSA) is 103 Å². The Balaban J connectivity index is 1.66. The van der Waals surface area contributed by atoms with Crippen LogP contribution in [0.15, 0.2) is 24.3 Å². The fraction of sp³-hybridized carbons (Fsp3) is 0.368. The first-order valence-corrected chi connectivity index (χ1v) is 8.96. The molecule has 0 unspecified atom stereocenters. The molecule has 1 amide bonds. The monoisotopic (exact) mass is 364 g/mol. The van der Waals surface area contributed by atoms with Crippen LogP contribution in [0.2, 0.25) is 0 Å². The van der Waals surface area contributed by atoms with Crippen molar-refractivity contribution in [2.24, 2.45) is 0 Å². The summed E-state index contributed by atoms with van der Waals surface area (Å²) in [6.45, 7) is 1.55. The predicted molar refractivity (Wildman–Crippen MR) is 100 cm³/mol. The van der Waals surface area contributed by atoms with Crippen molar-refractivity contribution in [3.05, 3.63) is 35.7 Å². The number of amides is 1. The van der Waals surface area contributed by atoms with E-state index in [4.69, 9.17) is 4.74 Å². The van der Waals surface area contributed by atoms with Crippen LogP contribution in [0.25, 0.3) is 0 Å². The summed E-state index contributed by atoms with van der Waals surface area (Å²) in [7, 11) is 1.63. The molecule has 138 valence electrons. The van der Waals surface area contributed by atoms with E-state index in [0.717, 1.165) is 36.4 Å². The van der Waals surface area contributed by atoms with Crippen molar-refractivity contribution in [2.75, 3.05) is 30.4 Å². The Morgan fingerprint density at radius 2 is 2.19 bits per heavy atom. The summed E-state index contributed by atoms with van der Waals surface area (Å²) in [5.41, 5.74) is 1.81. The Kier molecular flexibility index (Phi) is 4.60. The Morgan fingerprint density at radius 1 is 1.37 bits per heavy atom. The molecule has 8 heteroatoms. The van der Waals surface area contributed by atoms with E-state index < -0.39 is 0 Å². The Hall–Kier alpha value is -3.18. The van der Waals surface area contributed by atoms with E-state index in [1.54, 1.807) is 7.11 Å². The van der Waals surface area contributed by atoms with Crippen LogP contribution in [-0.2, 0) is 11.2 Å². The lowest BCUT2D eigenvalue weighted by Gasteiger charge is -2.19. The lowest BCUT2D eigenvalue weighted by Crippen LogP contribution is -2.36. The first-order valence-electron chi connectivity index (χ1n) is 8.96. The highest BCUT2D eigenvalue weighted by Gasteiger charge is 2.29. The third-order valence-corrected chi connectivity index (χ3v) is 4.93.